The number of carbonyl (C=O) groups is 1. The number of ether oxygens (including phenoxy) is 1. The Kier molecular flexibility index (Phi) is 4.54. The van der Waals surface area contributed by atoms with E-state index in [4.69, 9.17) is 0 Å². The number of hydrogen-bond acceptors (Lipinski definition) is 3. The largest absolute Gasteiger partial charge is 0.456 e. The fourth-order valence-corrected chi connectivity index (χ4v) is 2.84. The van der Waals surface area contributed by atoms with Gasteiger partial charge in [-0.05, 0) is 25.3 Å². The summed E-state index contributed by atoms with van der Waals surface area (Å²) in [6.07, 6.45) is 6.52. The van der Waals surface area contributed by atoms with Gasteiger partial charge in [-0.3, -0.25) is 0 Å². The first-order valence-corrected chi connectivity index (χ1v) is 6.87. The average molecular weight is 261 g/mol. The van der Waals surface area contributed by atoms with Crippen molar-refractivity contribution < 1.29 is 18.3 Å². The first kappa shape index (κ1) is 13.7. The van der Waals surface area contributed by atoms with Crippen molar-refractivity contribution in [2.24, 2.45) is 5.92 Å². The molecule has 18 heavy (non-hydrogen) atoms. The Bertz CT molecular complexity index is 291. The number of alkyl halides is 2. The maximum atomic E-state index is 12.9. The minimum atomic E-state index is -3.28. The predicted molar refractivity (Wildman–Crippen MR) is 63.5 cm³/mol. The van der Waals surface area contributed by atoms with Gasteiger partial charge in [0.25, 0.3) is 0 Å². The van der Waals surface area contributed by atoms with Crippen LogP contribution in [0.15, 0.2) is 0 Å². The lowest BCUT2D eigenvalue weighted by Crippen LogP contribution is -2.28. The molecule has 1 saturated carbocycles. The van der Waals surface area contributed by atoms with E-state index in [2.05, 4.69) is 10.1 Å². The van der Waals surface area contributed by atoms with Crippen LogP contribution in [0.5, 0.6) is 0 Å². The van der Waals surface area contributed by atoms with Gasteiger partial charge < -0.3 is 10.1 Å². The van der Waals surface area contributed by atoms with Gasteiger partial charge in [0.05, 0.1) is 6.42 Å². The smallest absolute Gasteiger partial charge is 0.377 e. The average Bonchev–Trinajstić information content (AvgIpc) is 2.88. The summed E-state index contributed by atoms with van der Waals surface area (Å²) in [6.45, 7) is 1.15. The third-order valence-electron chi connectivity index (χ3n) is 3.87. The first-order valence-electron chi connectivity index (χ1n) is 6.87. The van der Waals surface area contributed by atoms with Crippen molar-refractivity contribution in [3.8, 4) is 0 Å². The molecular weight excluding hydrogens is 240 g/mol. The summed E-state index contributed by atoms with van der Waals surface area (Å²) in [7, 11) is 0. The lowest BCUT2D eigenvalue weighted by Gasteiger charge is -2.11. The molecule has 5 heteroatoms. The van der Waals surface area contributed by atoms with E-state index in [0.29, 0.717) is 6.54 Å². The SMILES string of the molecule is O=C1OC(CNCCCC2CCCC2)CC1(F)F. The van der Waals surface area contributed by atoms with Crippen molar-refractivity contribution in [2.75, 3.05) is 13.1 Å². The first-order chi connectivity index (χ1) is 8.58. The summed E-state index contributed by atoms with van der Waals surface area (Å²) in [6, 6.07) is 0. The lowest BCUT2D eigenvalue weighted by molar-refractivity contribution is -0.159. The molecule has 1 atom stereocenters. The van der Waals surface area contributed by atoms with Crippen LogP contribution in [0.25, 0.3) is 0 Å². The minimum Gasteiger partial charge on any atom is -0.456 e. The highest BCUT2D eigenvalue weighted by Crippen LogP contribution is 2.30. The molecule has 104 valence electrons. The molecule has 2 aliphatic rings. The summed E-state index contributed by atoms with van der Waals surface area (Å²) in [4.78, 5) is 10.8. The Labute approximate surface area is 106 Å². The molecule has 1 aliphatic carbocycles. The normalized spacial score (nSPS) is 27.7. The van der Waals surface area contributed by atoms with E-state index in [9.17, 15) is 13.6 Å². The van der Waals surface area contributed by atoms with Crippen molar-refractivity contribution in [2.45, 2.75) is 57.0 Å². The molecule has 0 amide bonds. The zero-order valence-electron chi connectivity index (χ0n) is 10.6. The Balaban J connectivity index is 1.52. The molecule has 2 fully saturated rings. The van der Waals surface area contributed by atoms with E-state index in [1.54, 1.807) is 0 Å². The van der Waals surface area contributed by atoms with Crippen LogP contribution in [0, 0.1) is 5.92 Å². The Morgan fingerprint density at radius 3 is 2.67 bits per heavy atom. The lowest BCUT2D eigenvalue weighted by atomic mass is 10.0. The molecule has 1 saturated heterocycles. The number of esters is 1. The summed E-state index contributed by atoms with van der Waals surface area (Å²) in [5, 5.41) is 3.10. The minimum absolute atomic E-state index is 0.339. The maximum absolute atomic E-state index is 12.9. The van der Waals surface area contributed by atoms with Crippen LogP contribution in [0.3, 0.4) is 0 Å². The van der Waals surface area contributed by atoms with Crippen LogP contribution in [0.4, 0.5) is 8.78 Å². The Morgan fingerprint density at radius 2 is 2.06 bits per heavy atom. The van der Waals surface area contributed by atoms with E-state index in [1.807, 2.05) is 0 Å². The van der Waals surface area contributed by atoms with Crippen molar-refractivity contribution in [1.82, 2.24) is 5.32 Å². The van der Waals surface area contributed by atoms with Crippen LogP contribution >= 0.6 is 0 Å². The summed E-state index contributed by atoms with van der Waals surface area (Å²) in [5.41, 5.74) is 0. The second-order valence-electron chi connectivity index (χ2n) is 5.43. The van der Waals surface area contributed by atoms with Gasteiger partial charge in [-0.15, -0.1) is 0 Å². The van der Waals surface area contributed by atoms with Gasteiger partial charge in [0, 0.05) is 6.54 Å². The Morgan fingerprint density at radius 1 is 1.33 bits per heavy atom. The fourth-order valence-electron chi connectivity index (χ4n) is 2.84. The van der Waals surface area contributed by atoms with Gasteiger partial charge >= 0.3 is 11.9 Å². The number of nitrogens with one attached hydrogen (secondary N) is 1. The van der Waals surface area contributed by atoms with Gasteiger partial charge in [0.1, 0.15) is 6.10 Å². The molecule has 0 aromatic rings. The van der Waals surface area contributed by atoms with Gasteiger partial charge in [-0.1, -0.05) is 25.7 Å². The number of carbonyl (C=O) groups excluding carboxylic acids is 1. The molecule has 1 N–H and O–H groups in total. The molecule has 0 spiro atoms. The van der Waals surface area contributed by atoms with Gasteiger partial charge in [0.2, 0.25) is 0 Å². The van der Waals surface area contributed by atoms with Crippen LogP contribution < -0.4 is 5.32 Å². The number of rotatable bonds is 6. The van der Waals surface area contributed by atoms with E-state index in [0.717, 1.165) is 18.9 Å². The predicted octanol–water partition coefficient (Wildman–Crippen LogP) is 2.50. The molecule has 0 aromatic carbocycles. The highest BCUT2D eigenvalue weighted by molar-refractivity contribution is 5.79. The number of hydrogen-bond donors (Lipinski definition) is 1. The third kappa shape index (κ3) is 3.64. The van der Waals surface area contributed by atoms with E-state index >= 15 is 0 Å². The van der Waals surface area contributed by atoms with Gasteiger partial charge in [-0.2, -0.15) is 8.78 Å². The molecule has 0 aromatic heterocycles. The van der Waals surface area contributed by atoms with Crippen LogP contribution in [-0.2, 0) is 9.53 Å². The summed E-state index contributed by atoms with van der Waals surface area (Å²) in [5.74, 6) is -3.79. The third-order valence-corrected chi connectivity index (χ3v) is 3.87. The zero-order valence-corrected chi connectivity index (χ0v) is 10.6. The molecule has 0 radical (unpaired) electrons. The van der Waals surface area contributed by atoms with E-state index in [-0.39, 0.29) is 0 Å². The second-order valence-corrected chi connectivity index (χ2v) is 5.43. The standard InChI is InChI=1S/C13H21F2NO2/c14-13(15)8-11(18-12(13)17)9-16-7-3-6-10-4-1-2-5-10/h10-11,16H,1-9H2. The second kappa shape index (κ2) is 5.95. The van der Waals surface area contributed by atoms with Crippen molar-refractivity contribution in [3.63, 3.8) is 0 Å². The molecule has 1 aliphatic heterocycles. The van der Waals surface area contributed by atoms with Crippen LogP contribution in [0.1, 0.15) is 44.9 Å². The highest BCUT2D eigenvalue weighted by Gasteiger charge is 2.50. The molecule has 1 heterocycles. The fraction of sp³-hybridized carbons (Fsp3) is 0.923. The van der Waals surface area contributed by atoms with E-state index < -0.39 is 24.4 Å². The van der Waals surface area contributed by atoms with Gasteiger partial charge in [-0.25, -0.2) is 4.79 Å². The Hall–Kier alpha value is -0.710. The quantitative estimate of drug-likeness (QED) is 0.589. The van der Waals surface area contributed by atoms with Crippen molar-refractivity contribution in [1.29, 1.82) is 0 Å². The molecule has 1 unspecified atom stereocenters. The number of halogens is 2. The van der Waals surface area contributed by atoms with Crippen molar-refractivity contribution in [3.05, 3.63) is 0 Å². The molecule has 0 bridgehead atoms. The van der Waals surface area contributed by atoms with E-state index in [1.165, 1.54) is 32.1 Å². The summed E-state index contributed by atoms with van der Waals surface area (Å²) >= 11 is 0. The highest BCUT2D eigenvalue weighted by atomic mass is 19.3. The van der Waals surface area contributed by atoms with Gasteiger partial charge in [0.15, 0.2) is 0 Å². The molecule has 2 rings (SSSR count). The topological polar surface area (TPSA) is 38.3 Å². The van der Waals surface area contributed by atoms with Crippen LogP contribution in [0.2, 0.25) is 0 Å². The number of cyclic esters (lactones) is 1. The molecule has 3 nitrogen and oxygen atoms in total. The monoisotopic (exact) mass is 261 g/mol. The van der Waals surface area contributed by atoms with Crippen molar-refractivity contribution >= 4 is 5.97 Å². The molecular formula is C13H21F2NO2. The maximum Gasteiger partial charge on any atom is 0.377 e. The van der Waals surface area contributed by atoms with Crippen LogP contribution in [-0.4, -0.2) is 31.1 Å². The zero-order chi connectivity index (χ0) is 13.0. The summed E-state index contributed by atoms with van der Waals surface area (Å²) < 4.78 is 30.3.